The summed E-state index contributed by atoms with van der Waals surface area (Å²) in [7, 11) is 0. The van der Waals surface area contributed by atoms with Crippen molar-refractivity contribution < 1.29 is 0 Å². The number of hydrogen-bond acceptors (Lipinski definition) is 8. The summed E-state index contributed by atoms with van der Waals surface area (Å²) in [6, 6.07) is 15.4. The maximum atomic E-state index is 9.01. The first-order valence-corrected chi connectivity index (χ1v) is 12.4. The molecule has 2 atom stereocenters. The highest BCUT2D eigenvalue weighted by molar-refractivity contribution is 5.94. The van der Waals surface area contributed by atoms with Gasteiger partial charge in [0, 0.05) is 60.6 Å². The van der Waals surface area contributed by atoms with Crippen molar-refractivity contribution in [3.63, 3.8) is 0 Å². The minimum atomic E-state index is 0.245. The number of likely N-dealkylation sites (tertiary alicyclic amines) is 1. The number of rotatable bonds is 7. The highest BCUT2D eigenvalue weighted by atomic mass is 15.2. The molecule has 0 radical (unpaired) electrons. The fourth-order valence-corrected chi connectivity index (χ4v) is 5.16. The Morgan fingerprint density at radius 1 is 1.06 bits per heavy atom. The zero-order valence-electron chi connectivity index (χ0n) is 20.9. The number of nitrogens with one attached hydrogen (secondary N) is 3. The number of fused-ring (bicyclic) bond motifs is 1. The topological polar surface area (TPSA) is 118 Å². The number of nitriles is 1. The lowest BCUT2D eigenvalue weighted by molar-refractivity contribution is 0.0990. The Balaban J connectivity index is 1.46. The van der Waals surface area contributed by atoms with E-state index < -0.39 is 0 Å². The second-order valence-corrected chi connectivity index (χ2v) is 9.58. The van der Waals surface area contributed by atoms with E-state index in [1.165, 1.54) is 0 Å². The normalized spacial score (nSPS) is 20.2. The quantitative estimate of drug-likeness (QED) is 0.336. The van der Waals surface area contributed by atoms with Crippen LogP contribution in [0.3, 0.4) is 0 Å². The molecule has 9 nitrogen and oxygen atoms in total. The molecule has 0 amide bonds. The highest BCUT2D eigenvalue weighted by Gasteiger charge is 2.31. The van der Waals surface area contributed by atoms with Gasteiger partial charge in [0.15, 0.2) is 5.82 Å². The standard InChI is InChI=1S/C27H31N9/c1-17-13-25(35-34-17)32-26-23-6-5-21(20-7-10-29-11-8-20)16-24(23)31-27(33-26)30-22-14-18(2)36(12-4-9-28)19(3)15-22/h5-8,10-11,13,16,18-19,22H,4,12,14-15H2,1-3H3,(H3,30,31,32,33,34,35). The Labute approximate surface area is 211 Å². The SMILES string of the molecule is Cc1cc(Nc2nc(NC3CC(C)N(CCC#N)C(C)C3)nc3cc(-c4ccncc4)ccc23)n[nH]1. The molecule has 1 aromatic carbocycles. The van der Waals surface area contributed by atoms with Crippen LogP contribution >= 0.6 is 0 Å². The number of aromatic amines is 1. The zero-order chi connectivity index (χ0) is 25.1. The molecule has 1 fully saturated rings. The summed E-state index contributed by atoms with van der Waals surface area (Å²) in [5.74, 6) is 2.02. The molecular formula is C27H31N9. The van der Waals surface area contributed by atoms with Crippen molar-refractivity contribution in [2.75, 3.05) is 17.2 Å². The van der Waals surface area contributed by atoms with E-state index in [0.717, 1.165) is 47.1 Å². The van der Waals surface area contributed by atoms with Gasteiger partial charge in [-0.2, -0.15) is 15.3 Å². The predicted molar refractivity (Wildman–Crippen MR) is 142 cm³/mol. The van der Waals surface area contributed by atoms with E-state index in [0.29, 0.717) is 36.1 Å². The number of H-pyrrole nitrogens is 1. The van der Waals surface area contributed by atoms with Gasteiger partial charge in [-0.25, -0.2) is 4.98 Å². The summed E-state index contributed by atoms with van der Waals surface area (Å²) in [5, 5.41) is 24.2. The summed E-state index contributed by atoms with van der Waals surface area (Å²) in [5.41, 5.74) is 3.98. The van der Waals surface area contributed by atoms with Crippen LogP contribution < -0.4 is 10.6 Å². The van der Waals surface area contributed by atoms with Crippen LogP contribution in [0.4, 0.5) is 17.6 Å². The monoisotopic (exact) mass is 481 g/mol. The molecule has 4 aromatic rings. The first kappa shape index (κ1) is 23.7. The third kappa shape index (κ3) is 5.14. The molecule has 1 aliphatic rings. The van der Waals surface area contributed by atoms with Crippen LogP contribution in [0, 0.1) is 18.3 Å². The van der Waals surface area contributed by atoms with Crippen LogP contribution in [0.5, 0.6) is 0 Å². The minimum Gasteiger partial charge on any atom is -0.351 e. The van der Waals surface area contributed by atoms with Crippen molar-refractivity contribution in [3.8, 4) is 17.2 Å². The molecule has 0 aliphatic carbocycles. The fraction of sp³-hybridized carbons (Fsp3) is 0.370. The summed E-state index contributed by atoms with van der Waals surface area (Å²) in [6.45, 7) is 7.25. The minimum absolute atomic E-state index is 0.245. The number of anilines is 3. The second-order valence-electron chi connectivity index (χ2n) is 9.58. The molecule has 1 saturated heterocycles. The van der Waals surface area contributed by atoms with Gasteiger partial charge >= 0.3 is 0 Å². The Morgan fingerprint density at radius 2 is 1.83 bits per heavy atom. The lowest BCUT2D eigenvalue weighted by Crippen LogP contribution is -2.50. The number of pyridine rings is 1. The molecule has 4 heterocycles. The Morgan fingerprint density at radius 3 is 2.53 bits per heavy atom. The van der Waals surface area contributed by atoms with Crippen LogP contribution in [-0.4, -0.2) is 54.7 Å². The van der Waals surface area contributed by atoms with Crippen LogP contribution in [0.25, 0.3) is 22.0 Å². The average molecular weight is 482 g/mol. The first-order valence-electron chi connectivity index (χ1n) is 12.4. The van der Waals surface area contributed by atoms with E-state index in [9.17, 15) is 0 Å². The molecule has 5 rings (SSSR count). The molecular weight excluding hydrogens is 450 g/mol. The molecule has 184 valence electrons. The number of hydrogen-bond donors (Lipinski definition) is 3. The van der Waals surface area contributed by atoms with Crippen LogP contribution in [0.1, 0.15) is 38.8 Å². The van der Waals surface area contributed by atoms with Gasteiger partial charge in [-0.1, -0.05) is 6.07 Å². The van der Waals surface area contributed by atoms with Crippen LogP contribution in [-0.2, 0) is 0 Å². The summed E-state index contributed by atoms with van der Waals surface area (Å²) < 4.78 is 0. The van der Waals surface area contributed by atoms with E-state index in [1.807, 2.05) is 25.1 Å². The molecule has 0 spiro atoms. The third-order valence-corrected chi connectivity index (χ3v) is 6.86. The Kier molecular flexibility index (Phi) is 6.78. The molecule has 1 aliphatic heterocycles. The van der Waals surface area contributed by atoms with E-state index in [1.54, 1.807) is 12.4 Å². The van der Waals surface area contributed by atoms with E-state index >= 15 is 0 Å². The molecule has 3 aromatic heterocycles. The maximum absolute atomic E-state index is 9.01. The van der Waals surface area contributed by atoms with Crippen molar-refractivity contribution in [2.45, 2.75) is 58.2 Å². The summed E-state index contributed by atoms with van der Waals surface area (Å²) >= 11 is 0. The van der Waals surface area contributed by atoms with Gasteiger partial charge in [0.05, 0.1) is 11.6 Å². The molecule has 9 heteroatoms. The van der Waals surface area contributed by atoms with E-state index in [4.69, 9.17) is 15.2 Å². The number of aromatic nitrogens is 5. The molecule has 3 N–H and O–H groups in total. The van der Waals surface area contributed by atoms with Gasteiger partial charge in [-0.05, 0) is 69.0 Å². The van der Waals surface area contributed by atoms with Gasteiger partial charge in [0.1, 0.15) is 5.82 Å². The van der Waals surface area contributed by atoms with Crippen molar-refractivity contribution in [1.29, 1.82) is 5.26 Å². The lowest BCUT2D eigenvalue weighted by Gasteiger charge is -2.42. The first-order chi connectivity index (χ1) is 17.5. The molecule has 36 heavy (non-hydrogen) atoms. The third-order valence-electron chi connectivity index (χ3n) is 6.86. The predicted octanol–water partition coefficient (Wildman–Crippen LogP) is 5.03. The molecule has 0 saturated carbocycles. The van der Waals surface area contributed by atoms with Gasteiger partial charge in [-0.15, -0.1) is 0 Å². The lowest BCUT2D eigenvalue weighted by atomic mass is 9.92. The van der Waals surface area contributed by atoms with Gasteiger partial charge in [-0.3, -0.25) is 15.0 Å². The zero-order valence-corrected chi connectivity index (χ0v) is 20.9. The number of benzene rings is 1. The van der Waals surface area contributed by atoms with Crippen molar-refractivity contribution in [1.82, 2.24) is 30.0 Å². The van der Waals surface area contributed by atoms with E-state index in [2.05, 4.69) is 68.8 Å². The second kappa shape index (κ2) is 10.3. The Bertz CT molecular complexity index is 1360. The number of nitrogens with zero attached hydrogens (tertiary/aromatic N) is 6. The number of aryl methyl sites for hydroxylation is 1. The molecule has 2 unspecified atom stereocenters. The van der Waals surface area contributed by atoms with Gasteiger partial charge in [0.25, 0.3) is 0 Å². The van der Waals surface area contributed by atoms with Crippen molar-refractivity contribution in [2.24, 2.45) is 0 Å². The smallest absolute Gasteiger partial charge is 0.225 e. The summed E-state index contributed by atoms with van der Waals surface area (Å²) in [4.78, 5) is 16.3. The van der Waals surface area contributed by atoms with Gasteiger partial charge < -0.3 is 10.6 Å². The summed E-state index contributed by atoms with van der Waals surface area (Å²) in [6.07, 6.45) is 6.09. The largest absolute Gasteiger partial charge is 0.351 e. The van der Waals surface area contributed by atoms with E-state index in [-0.39, 0.29) is 6.04 Å². The Hall–Kier alpha value is -4.03. The van der Waals surface area contributed by atoms with Gasteiger partial charge in [0.2, 0.25) is 5.95 Å². The average Bonchev–Trinajstić information content (AvgIpc) is 3.28. The number of piperidine rings is 1. The van der Waals surface area contributed by atoms with Crippen molar-refractivity contribution >= 4 is 28.5 Å². The maximum Gasteiger partial charge on any atom is 0.225 e. The molecule has 0 bridgehead atoms. The van der Waals surface area contributed by atoms with Crippen LogP contribution in [0.15, 0.2) is 48.8 Å². The highest BCUT2D eigenvalue weighted by Crippen LogP contribution is 2.31. The van der Waals surface area contributed by atoms with Crippen LogP contribution in [0.2, 0.25) is 0 Å². The fourth-order valence-electron chi connectivity index (χ4n) is 5.16. The van der Waals surface area contributed by atoms with Crippen molar-refractivity contribution in [3.05, 3.63) is 54.5 Å².